The second-order valence-electron chi connectivity index (χ2n) is 5.94. The van der Waals surface area contributed by atoms with Crippen molar-refractivity contribution in [1.82, 2.24) is 9.88 Å². The summed E-state index contributed by atoms with van der Waals surface area (Å²) in [5.74, 6) is 0. The molecule has 120 valence electrons. The summed E-state index contributed by atoms with van der Waals surface area (Å²) in [5.41, 5.74) is 3.47. The monoisotopic (exact) mass is 317 g/mol. The van der Waals surface area contributed by atoms with Crippen LogP contribution in [0, 0.1) is 22.7 Å². The molecule has 5 heteroatoms. The van der Waals surface area contributed by atoms with E-state index in [1.54, 1.807) is 12.3 Å². The zero-order valence-electron chi connectivity index (χ0n) is 13.5. The Bertz CT molecular complexity index is 752. The van der Waals surface area contributed by atoms with Crippen LogP contribution in [0.2, 0.25) is 0 Å². The summed E-state index contributed by atoms with van der Waals surface area (Å²) in [6, 6.07) is 15.8. The maximum absolute atomic E-state index is 8.87. The molecule has 0 saturated carbocycles. The van der Waals surface area contributed by atoms with Crippen LogP contribution < -0.4 is 4.90 Å². The standard InChI is InChI=1S/C19H19N5/c20-12-16-2-4-17(5-3-16)15-23-8-1-9-24(11-10-23)19-7-6-18(13-21)22-14-19/h2-7,14H,1,8-11,15H2. The smallest absolute Gasteiger partial charge is 0.140 e. The quantitative estimate of drug-likeness (QED) is 0.870. The number of hydrogen-bond donors (Lipinski definition) is 0. The van der Waals surface area contributed by atoms with Crippen LogP contribution in [0.25, 0.3) is 0 Å². The Morgan fingerprint density at radius 3 is 2.42 bits per heavy atom. The summed E-state index contributed by atoms with van der Waals surface area (Å²) in [5, 5.41) is 17.7. The molecule has 0 N–H and O–H groups in total. The molecule has 0 aliphatic carbocycles. The Labute approximate surface area is 142 Å². The number of pyridine rings is 1. The fourth-order valence-corrected chi connectivity index (χ4v) is 2.97. The third-order valence-electron chi connectivity index (χ3n) is 4.31. The van der Waals surface area contributed by atoms with E-state index in [1.807, 2.05) is 30.3 Å². The van der Waals surface area contributed by atoms with Crippen LogP contribution in [0.3, 0.4) is 0 Å². The molecule has 0 amide bonds. The first-order valence-electron chi connectivity index (χ1n) is 8.11. The Hall–Kier alpha value is -2.89. The number of nitrogens with zero attached hydrogens (tertiary/aromatic N) is 5. The second kappa shape index (κ2) is 7.59. The lowest BCUT2D eigenvalue weighted by Gasteiger charge is -2.23. The van der Waals surface area contributed by atoms with Crippen LogP contribution in [0.15, 0.2) is 42.6 Å². The molecule has 1 saturated heterocycles. The SMILES string of the molecule is N#Cc1ccc(CN2CCCN(c3ccc(C#N)nc3)CC2)cc1. The van der Waals surface area contributed by atoms with Gasteiger partial charge in [-0.25, -0.2) is 4.98 Å². The number of anilines is 1. The van der Waals surface area contributed by atoms with Gasteiger partial charge in [0.25, 0.3) is 0 Å². The molecule has 0 unspecified atom stereocenters. The van der Waals surface area contributed by atoms with Crippen molar-refractivity contribution in [1.29, 1.82) is 10.5 Å². The highest BCUT2D eigenvalue weighted by atomic mass is 15.2. The van der Waals surface area contributed by atoms with Crippen LogP contribution in [-0.2, 0) is 6.54 Å². The lowest BCUT2D eigenvalue weighted by atomic mass is 10.1. The predicted octanol–water partition coefficient (Wildman–Crippen LogP) is 2.54. The minimum Gasteiger partial charge on any atom is -0.369 e. The summed E-state index contributed by atoms with van der Waals surface area (Å²) in [6.07, 6.45) is 2.88. The molecule has 0 spiro atoms. The lowest BCUT2D eigenvalue weighted by molar-refractivity contribution is 0.285. The van der Waals surface area contributed by atoms with E-state index in [-0.39, 0.29) is 0 Å². The number of benzene rings is 1. The highest BCUT2D eigenvalue weighted by molar-refractivity contribution is 5.46. The largest absolute Gasteiger partial charge is 0.369 e. The van der Waals surface area contributed by atoms with E-state index in [0.29, 0.717) is 11.3 Å². The molecular weight excluding hydrogens is 298 g/mol. The topological polar surface area (TPSA) is 67.0 Å². The number of hydrogen-bond acceptors (Lipinski definition) is 5. The summed E-state index contributed by atoms with van der Waals surface area (Å²) in [4.78, 5) is 8.93. The first kappa shape index (κ1) is 16.0. The summed E-state index contributed by atoms with van der Waals surface area (Å²) in [7, 11) is 0. The van der Waals surface area contributed by atoms with E-state index in [9.17, 15) is 0 Å². The Kier molecular flexibility index (Phi) is 5.05. The van der Waals surface area contributed by atoms with Gasteiger partial charge >= 0.3 is 0 Å². The van der Waals surface area contributed by atoms with Crippen molar-refractivity contribution in [3.05, 3.63) is 59.4 Å². The van der Waals surface area contributed by atoms with Gasteiger partial charge in [-0.3, -0.25) is 4.90 Å². The van der Waals surface area contributed by atoms with E-state index in [1.165, 1.54) is 5.56 Å². The fraction of sp³-hybridized carbons (Fsp3) is 0.316. The number of nitriles is 2. The molecular formula is C19H19N5. The average Bonchev–Trinajstić information content (AvgIpc) is 2.88. The predicted molar refractivity (Wildman–Crippen MR) is 92.2 cm³/mol. The van der Waals surface area contributed by atoms with E-state index in [4.69, 9.17) is 10.5 Å². The molecule has 0 atom stereocenters. The van der Waals surface area contributed by atoms with Crippen molar-refractivity contribution >= 4 is 5.69 Å². The average molecular weight is 317 g/mol. The maximum Gasteiger partial charge on any atom is 0.140 e. The molecule has 1 aromatic heterocycles. The third kappa shape index (κ3) is 3.90. The molecule has 2 aromatic rings. The van der Waals surface area contributed by atoms with Crippen LogP contribution in [0.5, 0.6) is 0 Å². The highest BCUT2D eigenvalue weighted by Crippen LogP contribution is 2.17. The second-order valence-corrected chi connectivity index (χ2v) is 5.94. The minimum absolute atomic E-state index is 0.455. The van der Waals surface area contributed by atoms with Crippen molar-refractivity contribution in [3.63, 3.8) is 0 Å². The molecule has 1 aliphatic heterocycles. The van der Waals surface area contributed by atoms with Gasteiger partial charge in [-0.15, -0.1) is 0 Å². The Morgan fingerprint density at radius 1 is 0.917 bits per heavy atom. The minimum atomic E-state index is 0.455. The van der Waals surface area contributed by atoms with Crippen LogP contribution in [0.1, 0.15) is 23.2 Å². The molecule has 1 aromatic carbocycles. The summed E-state index contributed by atoms with van der Waals surface area (Å²) in [6.45, 7) is 4.90. The Balaban J connectivity index is 1.60. The van der Waals surface area contributed by atoms with Crippen LogP contribution in [-0.4, -0.2) is 36.1 Å². The first-order chi connectivity index (χ1) is 11.8. The highest BCUT2D eigenvalue weighted by Gasteiger charge is 2.15. The maximum atomic E-state index is 8.87. The molecule has 1 fully saturated rings. The first-order valence-corrected chi connectivity index (χ1v) is 8.11. The van der Waals surface area contributed by atoms with Crippen molar-refractivity contribution < 1.29 is 0 Å². The summed E-state index contributed by atoms with van der Waals surface area (Å²) >= 11 is 0. The van der Waals surface area contributed by atoms with Gasteiger partial charge in [0.15, 0.2) is 0 Å². The fourth-order valence-electron chi connectivity index (χ4n) is 2.97. The molecule has 0 bridgehead atoms. The van der Waals surface area contributed by atoms with Gasteiger partial charge in [-0.05, 0) is 36.2 Å². The van der Waals surface area contributed by atoms with Gasteiger partial charge in [0.1, 0.15) is 11.8 Å². The summed E-state index contributed by atoms with van der Waals surface area (Å²) < 4.78 is 0. The van der Waals surface area contributed by atoms with E-state index >= 15 is 0 Å². The molecule has 24 heavy (non-hydrogen) atoms. The van der Waals surface area contributed by atoms with Crippen molar-refractivity contribution in [3.8, 4) is 12.1 Å². The number of aromatic nitrogens is 1. The molecule has 3 rings (SSSR count). The molecule has 1 aliphatic rings. The number of rotatable bonds is 3. The van der Waals surface area contributed by atoms with E-state index < -0.39 is 0 Å². The van der Waals surface area contributed by atoms with Gasteiger partial charge < -0.3 is 4.90 Å². The molecule has 5 nitrogen and oxygen atoms in total. The van der Waals surface area contributed by atoms with Crippen molar-refractivity contribution in [2.45, 2.75) is 13.0 Å². The normalized spacial score (nSPS) is 15.3. The van der Waals surface area contributed by atoms with Crippen molar-refractivity contribution in [2.75, 3.05) is 31.1 Å². The third-order valence-corrected chi connectivity index (χ3v) is 4.31. The van der Waals surface area contributed by atoms with Gasteiger partial charge in [-0.1, -0.05) is 12.1 Å². The van der Waals surface area contributed by atoms with E-state index in [2.05, 4.69) is 26.9 Å². The van der Waals surface area contributed by atoms with Gasteiger partial charge in [0, 0.05) is 32.7 Å². The molecule has 0 radical (unpaired) electrons. The van der Waals surface area contributed by atoms with Gasteiger partial charge in [0.2, 0.25) is 0 Å². The van der Waals surface area contributed by atoms with E-state index in [0.717, 1.165) is 44.8 Å². The lowest BCUT2D eigenvalue weighted by Crippen LogP contribution is -2.30. The van der Waals surface area contributed by atoms with Crippen LogP contribution in [0.4, 0.5) is 5.69 Å². The molecule has 2 heterocycles. The Morgan fingerprint density at radius 2 is 1.75 bits per heavy atom. The zero-order valence-corrected chi connectivity index (χ0v) is 13.5. The van der Waals surface area contributed by atoms with Crippen LogP contribution >= 0.6 is 0 Å². The van der Waals surface area contributed by atoms with Gasteiger partial charge in [0.05, 0.1) is 23.5 Å². The van der Waals surface area contributed by atoms with Crippen molar-refractivity contribution in [2.24, 2.45) is 0 Å². The van der Waals surface area contributed by atoms with Gasteiger partial charge in [-0.2, -0.15) is 10.5 Å². The zero-order chi connectivity index (χ0) is 16.8.